The van der Waals surface area contributed by atoms with Crippen LogP contribution in [0.2, 0.25) is 0 Å². The van der Waals surface area contributed by atoms with Crippen molar-refractivity contribution in [3.05, 3.63) is 17.8 Å². The van der Waals surface area contributed by atoms with E-state index in [1.165, 1.54) is 0 Å². The van der Waals surface area contributed by atoms with Crippen molar-refractivity contribution in [1.82, 2.24) is 15.5 Å². The number of hydrogen-bond donors (Lipinski definition) is 2. The Bertz CT molecular complexity index is 337. The summed E-state index contributed by atoms with van der Waals surface area (Å²) in [7, 11) is 0. The summed E-state index contributed by atoms with van der Waals surface area (Å²) >= 11 is 0. The Morgan fingerprint density at radius 1 is 1.24 bits per heavy atom. The first-order chi connectivity index (χ1) is 8.27. The van der Waals surface area contributed by atoms with Gasteiger partial charge in [-0.05, 0) is 25.5 Å². The molecule has 1 rings (SSSR count). The summed E-state index contributed by atoms with van der Waals surface area (Å²) in [6.45, 7) is 5.60. The molecule has 94 valence electrons. The van der Waals surface area contributed by atoms with Gasteiger partial charge in [0.25, 0.3) is 5.91 Å². The number of carbonyl (C=O) groups is 1. The Kier molecular flexibility index (Phi) is 5.99. The van der Waals surface area contributed by atoms with Gasteiger partial charge >= 0.3 is 0 Å². The second kappa shape index (κ2) is 7.60. The lowest BCUT2D eigenvalue weighted by molar-refractivity contribution is 0.0947. The van der Waals surface area contributed by atoms with Gasteiger partial charge in [0.2, 0.25) is 0 Å². The minimum absolute atomic E-state index is 0.156. The second-order valence-corrected chi connectivity index (χ2v) is 3.80. The zero-order chi connectivity index (χ0) is 12.5. The Hall–Kier alpha value is -1.65. The van der Waals surface area contributed by atoms with E-state index >= 15 is 0 Å². The average Bonchev–Trinajstić information content (AvgIpc) is 2.36. The highest BCUT2D eigenvalue weighted by atomic mass is 16.1. The fourth-order valence-corrected chi connectivity index (χ4v) is 1.40. The highest BCUT2D eigenvalue weighted by Crippen LogP contribution is 2.01. The predicted molar refractivity (Wildman–Crippen MR) is 68.1 cm³/mol. The molecule has 0 radical (unpaired) electrons. The van der Waals surface area contributed by atoms with E-state index in [-0.39, 0.29) is 5.91 Å². The van der Waals surface area contributed by atoms with Crippen LogP contribution in [0.1, 0.15) is 43.6 Å². The number of rotatable bonds is 7. The summed E-state index contributed by atoms with van der Waals surface area (Å²) in [5.74, 6) is 0.534. The Morgan fingerprint density at radius 2 is 2.06 bits per heavy atom. The van der Waals surface area contributed by atoms with Crippen LogP contribution in [0.3, 0.4) is 0 Å². The van der Waals surface area contributed by atoms with Gasteiger partial charge in [0.05, 0.1) is 0 Å². The fourth-order valence-electron chi connectivity index (χ4n) is 1.40. The van der Waals surface area contributed by atoms with Crippen molar-refractivity contribution < 1.29 is 4.79 Å². The Labute approximate surface area is 102 Å². The Balaban J connectivity index is 2.40. The second-order valence-electron chi connectivity index (χ2n) is 3.80. The zero-order valence-electron chi connectivity index (χ0n) is 10.5. The molecule has 2 N–H and O–H groups in total. The van der Waals surface area contributed by atoms with Crippen LogP contribution < -0.4 is 10.6 Å². The third-order valence-electron chi connectivity index (χ3n) is 2.32. The van der Waals surface area contributed by atoms with Crippen molar-refractivity contribution in [1.29, 1.82) is 0 Å². The number of unbranched alkanes of at least 4 members (excludes halogenated alkanes) is 2. The van der Waals surface area contributed by atoms with Crippen LogP contribution in [0.5, 0.6) is 0 Å². The summed E-state index contributed by atoms with van der Waals surface area (Å²) in [5, 5.41) is 13.6. The number of anilines is 1. The van der Waals surface area contributed by atoms with Gasteiger partial charge in [-0.15, -0.1) is 10.2 Å². The van der Waals surface area contributed by atoms with Crippen molar-refractivity contribution in [3.8, 4) is 0 Å². The maximum absolute atomic E-state index is 11.6. The van der Waals surface area contributed by atoms with Gasteiger partial charge in [0.15, 0.2) is 5.69 Å². The molecule has 0 aliphatic heterocycles. The standard InChI is InChI=1S/C12H20N4O/c1-3-5-6-9-14-12(17)10-7-8-11(13-4-2)16-15-10/h7-8H,3-6,9H2,1-2H3,(H,13,16)(H,14,17). The minimum Gasteiger partial charge on any atom is -0.369 e. The van der Waals surface area contributed by atoms with Gasteiger partial charge in [0, 0.05) is 13.1 Å². The zero-order valence-corrected chi connectivity index (χ0v) is 10.5. The molecule has 0 aromatic carbocycles. The van der Waals surface area contributed by atoms with Crippen LogP contribution in [0, 0.1) is 0 Å². The molecular formula is C12H20N4O. The highest BCUT2D eigenvalue weighted by Gasteiger charge is 2.06. The maximum atomic E-state index is 11.6. The first-order valence-corrected chi connectivity index (χ1v) is 6.13. The minimum atomic E-state index is -0.156. The molecule has 0 saturated heterocycles. The molecule has 0 fully saturated rings. The van der Waals surface area contributed by atoms with E-state index in [4.69, 9.17) is 0 Å². The van der Waals surface area contributed by atoms with Gasteiger partial charge in [-0.1, -0.05) is 19.8 Å². The number of aromatic nitrogens is 2. The molecule has 0 unspecified atom stereocenters. The van der Waals surface area contributed by atoms with Crippen LogP contribution >= 0.6 is 0 Å². The molecule has 1 heterocycles. The van der Waals surface area contributed by atoms with E-state index in [0.717, 1.165) is 25.8 Å². The number of nitrogens with one attached hydrogen (secondary N) is 2. The summed E-state index contributed by atoms with van der Waals surface area (Å²) < 4.78 is 0. The number of carbonyl (C=O) groups excluding carboxylic acids is 1. The molecule has 1 aromatic heterocycles. The summed E-state index contributed by atoms with van der Waals surface area (Å²) in [6.07, 6.45) is 3.28. The highest BCUT2D eigenvalue weighted by molar-refractivity contribution is 5.92. The molecule has 0 bridgehead atoms. The van der Waals surface area contributed by atoms with E-state index in [2.05, 4.69) is 27.8 Å². The molecule has 0 aliphatic carbocycles. The molecule has 0 saturated carbocycles. The molecular weight excluding hydrogens is 216 g/mol. The lowest BCUT2D eigenvalue weighted by Gasteiger charge is -2.04. The Morgan fingerprint density at radius 3 is 2.65 bits per heavy atom. The molecule has 0 spiro atoms. The number of nitrogens with zero attached hydrogens (tertiary/aromatic N) is 2. The molecule has 1 amide bonds. The first-order valence-electron chi connectivity index (χ1n) is 6.13. The van der Waals surface area contributed by atoms with Crippen LogP contribution in [-0.2, 0) is 0 Å². The monoisotopic (exact) mass is 236 g/mol. The molecule has 1 aromatic rings. The third kappa shape index (κ3) is 4.80. The predicted octanol–water partition coefficient (Wildman–Crippen LogP) is 1.83. The van der Waals surface area contributed by atoms with Crippen molar-refractivity contribution in [2.45, 2.75) is 33.1 Å². The van der Waals surface area contributed by atoms with Crippen molar-refractivity contribution in [2.24, 2.45) is 0 Å². The number of amides is 1. The molecule has 17 heavy (non-hydrogen) atoms. The topological polar surface area (TPSA) is 66.9 Å². The quantitative estimate of drug-likeness (QED) is 0.709. The lowest BCUT2D eigenvalue weighted by atomic mass is 10.2. The van der Waals surface area contributed by atoms with E-state index in [1.807, 2.05) is 6.92 Å². The lowest BCUT2D eigenvalue weighted by Crippen LogP contribution is -2.25. The van der Waals surface area contributed by atoms with Crippen molar-refractivity contribution in [3.63, 3.8) is 0 Å². The summed E-state index contributed by atoms with van der Waals surface area (Å²) in [4.78, 5) is 11.6. The summed E-state index contributed by atoms with van der Waals surface area (Å²) in [5.41, 5.74) is 0.364. The molecule has 5 heteroatoms. The number of hydrogen-bond acceptors (Lipinski definition) is 4. The smallest absolute Gasteiger partial charge is 0.271 e. The molecule has 5 nitrogen and oxygen atoms in total. The van der Waals surface area contributed by atoms with Crippen LogP contribution in [0.25, 0.3) is 0 Å². The van der Waals surface area contributed by atoms with Gasteiger partial charge in [-0.25, -0.2) is 0 Å². The summed E-state index contributed by atoms with van der Waals surface area (Å²) in [6, 6.07) is 3.44. The maximum Gasteiger partial charge on any atom is 0.271 e. The fraction of sp³-hybridized carbons (Fsp3) is 0.583. The van der Waals surface area contributed by atoms with Crippen LogP contribution in [0.4, 0.5) is 5.82 Å². The largest absolute Gasteiger partial charge is 0.369 e. The van der Waals surface area contributed by atoms with Crippen molar-refractivity contribution >= 4 is 11.7 Å². The van der Waals surface area contributed by atoms with Gasteiger partial charge in [-0.2, -0.15) is 0 Å². The van der Waals surface area contributed by atoms with Crippen LogP contribution in [0.15, 0.2) is 12.1 Å². The van der Waals surface area contributed by atoms with Crippen LogP contribution in [-0.4, -0.2) is 29.2 Å². The average molecular weight is 236 g/mol. The van der Waals surface area contributed by atoms with Gasteiger partial charge in [-0.3, -0.25) is 4.79 Å². The van der Waals surface area contributed by atoms with E-state index < -0.39 is 0 Å². The molecule has 0 atom stereocenters. The normalized spacial score (nSPS) is 10.0. The third-order valence-corrected chi connectivity index (χ3v) is 2.32. The van der Waals surface area contributed by atoms with Crippen molar-refractivity contribution in [2.75, 3.05) is 18.4 Å². The van der Waals surface area contributed by atoms with E-state index in [0.29, 0.717) is 18.1 Å². The first kappa shape index (κ1) is 13.4. The van der Waals surface area contributed by atoms with Gasteiger partial charge in [0.1, 0.15) is 5.82 Å². The van der Waals surface area contributed by atoms with E-state index in [1.54, 1.807) is 12.1 Å². The van der Waals surface area contributed by atoms with E-state index in [9.17, 15) is 4.79 Å². The van der Waals surface area contributed by atoms with Gasteiger partial charge < -0.3 is 10.6 Å². The SMILES string of the molecule is CCCCCNC(=O)c1ccc(NCC)nn1. The molecule has 0 aliphatic rings.